The van der Waals surface area contributed by atoms with Gasteiger partial charge in [0, 0.05) is 5.56 Å². The molecule has 0 bridgehead atoms. The van der Waals surface area contributed by atoms with Crippen molar-refractivity contribution in [1.29, 1.82) is 0 Å². The van der Waals surface area contributed by atoms with Gasteiger partial charge in [0.25, 0.3) is 0 Å². The zero-order valence-corrected chi connectivity index (χ0v) is 10.1. The normalized spacial score (nSPS) is 13.9. The van der Waals surface area contributed by atoms with E-state index in [1.54, 1.807) is 0 Å². The molecule has 0 saturated heterocycles. The van der Waals surface area contributed by atoms with E-state index >= 15 is 0 Å². The molecular weight excluding hydrogens is 210 g/mol. The first-order valence-electron chi connectivity index (χ1n) is 5.14. The number of aliphatic hydroxyl groups is 1. The average molecular weight is 229 g/mol. The molecule has 15 heavy (non-hydrogen) atoms. The monoisotopic (exact) mass is 228 g/mol. The van der Waals surface area contributed by atoms with E-state index in [-0.39, 0.29) is 12.0 Å². The lowest BCUT2D eigenvalue weighted by atomic mass is 10.2. The number of aliphatic hydroxyl groups excluding tert-OH is 1. The molecule has 2 nitrogen and oxygen atoms in total. The third-order valence-electron chi connectivity index (χ3n) is 2.34. The molecule has 0 spiro atoms. The minimum Gasteiger partial charge on any atom is -0.395 e. The SMILES string of the molecule is C[N+](C)(Cc1ccccc1)CC(Cl)CO. The Morgan fingerprint density at radius 3 is 2.40 bits per heavy atom. The lowest BCUT2D eigenvalue weighted by Gasteiger charge is -2.31. The van der Waals surface area contributed by atoms with Crippen LogP contribution in [-0.4, -0.2) is 42.2 Å². The Labute approximate surface area is 96.7 Å². The van der Waals surface area contributed by atoms with E-state index in [2.05, 4.69) is 26.2 Å². The molecule has 1 rings (SSSR count). The third-order valence-corrected chi connectivity index (χ3v) is 2.62. The van der Waals surface area contributed by atoms with E-state index in [0.29, 0.717) is 0 Å². The number of hydrogen-bond acceptors (Lipinski definition) is 1. The number of benzene rings is 1. The van der Waals surface area contributed by atoms with Gasteiger partial charge in [-0.1, -0.05) is 30.3 Å². The van der Waals surface area contributed by atoms with Gasteiger partial charge in [0.2, 0.25) is 0 Å². The van der Waals surface area contributed by atoms with Crippen molar-refractivity contribution < 1.29 is 9.59 Å². The molecule has 0 saturated carbocycles. The van der Waals surface area contributed by atoms with Gasteiger partial charge < -0.3 is 9.59 Å². The molecule has 1 atom stereocenters. The summed E-state index contributed by atoms with van der Waals surface area (Å²) in [7, 11) is 4.25. The number of quaternary nitrogens is 1. The highest BCUT2D eigenvalue weighted by Crippen LogP contribution is 2.11. The number of halogens is 1. The van der Waals surface area contributed by atoms with Crippen LogP contribution in [-0.2, 0) is 6.54 Å². The molecule has 0 aliphatic rings. The van der Waals surface area contributed by atoms with Crippen LogP contribution in [0.1, 0.15) is 5.56 Å². The smallest absolute Gasteiger partial charge is 0.106 e. The van der Waals surface area contributed by atoms with Crippen LogP contribution in [0.5, 0.6) is 0 Å². The molecule has 0 fully saturated rings. The molecule has 0 aromatic heterocycles. The quantitative estimate of drug-likeness (QED) is 0.603. The first-order chi connectivity index (χ1) is 7.03. The zero-order chi connectivity index (χ0) is 11.3. The maximum Gasteiger partial charge on any atom is 0.106 e. The predicted molar refractivity (Wildman–Crippen MR) is 63.8 cm³/mol. The van der Waals surface area contributed by atoms with Crippen LogP contribution in [0, 0.1) is 0 Å². The first kappa shape index (κ1) is 12.5. The van der Waals surface area contributed by atoms with Crippen molar-refractivity contribution in [1.82, 2.24) is 0 Å². The minimum absolute atomic E-state index is 0.0397. The fraction of sp³-hybridized carbons (Fsp3) is 0.500. The van der Waals surface area contributed by atoms with Crippen LogP contribution in [0.25, 0.3) is 0 Å². The largest absolute Gasteiger partial charge is 0.395 e. The molecule has 0 heterocycles. The zero-order valence-electron chi connectivity index (χ0n) is 9.36. The summed E-state index contributed by atoms with van der Waals surface area (Å²) in [6.45, 7) is 1.75. The fourth-order valence-corrected chi connectivity index (χ4v) is 2.11. The van der Waals surface area contributed by atoms with Gasteiger partial charge in [0.15, 0.2) is 0 Å². The molecular formula is C12H19ClNO+. The van der Waals surface area contributed by atoms with Gasteiger partial charge in [0.1, 0.15) is 11.9 Å². The highest BCUT2D eigenvalue weighted by Gasteiger charge is 2.20. The van der Waals surface area contributed by atoms with Crippen LogP contribution >= 0.6 is 11.6 Å². The summed E-state index contributed by atoms with van der Waals surface area (Å²) in [6.07, 6.45) is 0. The van der Waals surface area contributed by atoms with Gasteiger partial charge in [-0.3, -0.25) is 0 Å². The van der Waals surface area contributed by atoms with Crippen molar-refractivity contribution in [3.63, 3.8) is 0 Å². The lowest BCUT2D eigenvalue weighted by molar-refractivity contribution is -0.903. The van der Waals surface area contributed by atoms with Gasteiger partial charge in [-0.25, -0.2) is 0 Å². The second-order valence-corrected chi connectivity index (χ2v) is 5.16. The van der Waals surface area contributed by atoms with E-state index in [0.717, 1.165) is 17.6 Å². The Morgan fingerprint density at radius 1 is 1.27 bits per heavy atom. The summed E-state index contributed by atoms with van der Waals surface area (Å²) >= 11 is 5.95. The average Bonchev–Trinajstić information content (AvgIpc) is 2.17. The maximum absolute atomic E-state index is 8.92. The second-order valence-electron chi connectivity index (χ2n) is 4.54. The fourth-order valence-electron chi connectivity index (χ4n) is 1.74. The standard InChI is InChI=1S/C12H19ClNO/c1-14(2,9-12(13)10-15)8-11-6-4-3-5-7-11/h3-7,12,15H,8-10H2,1-2H3/q+1. The molecule has 1 aromatic rings. The molecule has 0 aliphatic heterocycles. The van der Waals surface area contributed by atoms with E-state index in [4.69, 9.17) is 16.7 Å². The van der Waals surface area contributed by atoms with Crippen LogP contribution in [0.15, 0.2) is 30.3 Å². The van der Waals surface area contributed by atoms with Gasteiger partial charge in [0.05, 0.1) is 27.2 Å². The molecule has 1 aromatic carbocycles. The summed E-state index contributed by atoms with van der Waals surface area (Å²) in [5.74, 6) is 0. The van der Waals surface area contributed by atoms with E-state index in [9.17, 15) is 0 Å². The van der Waals surface area contributed by atoms with Crippen molar-refractivity contribution in [2.45, 2.75) is 11.9 Å². The molecule has 0 aliphatic carbocycles. The van der Waals surface area contributed by atoms with Gasteiger partial charge >= 0.3 is 0 Å². The van der Waals surface area contributed by atoms with Crippen LogP contribution in [0.3, 0.4) is 0 Å². The Balaban J connectivity index is 2.56. The first-order valence-corrected chi connectivity index (χ1v) is 5.58. The van der Waals surface area contributed by atoms with Crippen LogP contribution in [0.4, 0.5) is 0 Å². The Bertz CT molecular complexity index is 287. The molecule has 1 unspecified atom stereocenters. The van der Waals surface area contributed by atoms with Gasteiger partial charge in [-0.2, -0.15) is 0 Å². The van der Waals surface area contributed by atoms with Gasteiger partial charge in [-0.05, 0) is 0 Å². The summed E-state index contributed by atoms with van der Waals surface area (Å²) in [5.41, 5.74) is 1.30. The van der Waals surface area contributed by atoms with Crippen molar-refractivity contribution in [2.24, 2.45) is 0 Å². The molecule has 84 valence electrons. The van der Waals surface area contributed by atoms with Crippen LogP contribution < -0.4 is 0 Å². The predicted octanol–water partition coefficient (Wildman–Crippen LogP) is 1.86. The highest BCUT2D eigenvalue weighted by molar-refractivity contribution is 6.20. The summed E-state index contributed by atoms with van der Waals surface area (Å²) in [5, 5.41) is 8.76. The van der Waals surface area contributed by atoms with E-state index in [1.807, 2.05) is 18.2 Å². The Hall–Kier alpha value is -0.570. The molecule has 3 heteroatoms. The third kappa shape index (κ3) is 4.65. The molecule has 1 N–H and O–H groups in total. The molecule has 0 radical (unpaired) electrons. The summed E-state index contributed by atoms with van der Waals surface area (Å²) < 4.78 is 0.790. The van der Waals surface area contributed by atoms with E-state index < -0.39 is 0 Å². The Morgan fingerprint density at radius 2 is 1.87 bits per heavy atom. The summed E-state index contributed by atoms with van der Waals surface area (Å²) in [4.78, 5) is 0. The Kier molecular flexibility index (Phi) is 4.58. The minimum atomic E-state index is -0.163. The number of rotatable bonds is 5. The number of hydrogen-bond donors (Lipinski definition) is 1. The number of nitrogens with zero attached hydrogens (tertiary/aromatic N) is 1. The lowest BCUT2D eigenvalue weighted by Crippen LogP contribution is -2.44. The highest BCUT2D eigenvalue weighted by atomic mass is 35.5. The van der Waals surface area contributed by atoms with Crippen LogP contribution in [0.2, 0.25) is 0 Å². The van der Waals surface area contributed by atoms with Crippen molar-refractivity contribution in [3.05, 3.63) is 35.9 Å². The van der Waals surface area contributed by atoms with Gasteiger partial charge in [-0.15, -0.1) is 11.6 Å². The molecule has 0 amide bonds. The van der Waals surface area contributed by atoms with E-state index in [1.165, 1.54) is 5.56 Å². The van der Waals surface area contributed by atoms with Crippen molar-refractivity contribution in [2.75, 3.05) is 27.2 Å². The van der Waals surface area contributed by atoms with Crippen molar-refractivity contribution >= 4 is 11.6 Å². The maximum atomic E-state index is 8.92. The number of alkyl halides is 1. The second kappa shape index (κ2) is 5.50. The van der Waals surface area contributed by atoms with Crippen molar-refractivity contribution in [3.8, 4) is 0 Å². The topological polar surface area (TPSA) is 20.2 Å². The summed E-state index contributed by atoms with van der Waals surface area (Å²) in [6, 6.07) is 10.3.